The number of anilines is 1. The smallest absolute Gasteiger partial charge is 0.343 e. The topological polar surface area (TPSA) is 112 Å². The lowest BCUT2D eigenvalue weighted by atomic mass is 10.2. The minimum atomic E-state index is -0.664. The molecule has 1 amide bonds. The molecule has 1 fully saturated rings. The van der Waals surface area contributed by atoms with E-state index in [1.54, 1.807) is 30.0 Å². The number of para-hydroxylation sites is 1. The largest absolute Gasteiger partial charge is 0.461 e. The Hall–Kier alpha value is -3.92. The van der Waals surface area contributed by atoms with E-state index >= 15 is 0 Å². The van der Waals surface area contributed by atoms with Gasteiger partial charge in [0, 0.05) is 12.0 Å². The summed E-state index contributed by atoms with van der Waals surface area (Å²) in [7, 11) is 0. The first kappa shape index (κ1) is 22.9. The lowest BCUT2D eigenvalue weighted by Crippen LogP contribution is -2.23. The Labute approximate surface area is 205 Å². The lowest BCUT2D eigenvalue weighted by molar-refractivity contribution is -0.119. The minimum absolute atomic E-state index is 0.228. The van der Waals surface area contributed by atoms with Crippen molar-refractivity contribution in [3.63, 3.8) is 0 Å². The molecule has 0 radical (unpaired) electrons. The van der Waals surface area contributed by atoms with Crippen molar-refractivity contribution >= 4 is 29.5 Å². The Morgan fingerprint density at radius 2 is 1.97 bits per heavy atom. The van der Waals surface area contributed by atoms with Crippen LogP contribution in [0.5, 0.6) is 0 Å². The Morgan fingerprint density at radius 1 is 1.17 bits per heavy atom. The molecular weight excluding hydrogens is 466 g/mol. The molecule has 1 N–H and O–H groups in total. The molecular formula is C25H23N5O4S. The van der Waals surface area contributed by atoms with E-state index in [2.05, 4.69) is 20.4 Å². The van der Waals surface area contributed by atoms with Crippen molar-refractivity contribution in [1.82, 2.24) is 19.7 Å². The van der Waals surface area contributed by atoms with Crippen molar-refractivity contribution in [2.45, 2.75) is 30.7 Å². The average molecular weight is 490 g/mol. The highest BCUT2D eigenvalue weighted by Gasteiger charge is 2.28. The van der Waals surface area contributed by atoms with E-state index in [-0.39, 0.29) is 5.56 Å². The molecule has 35 heavy (non-hydrogen) atoms. The standard InChI is InChI=1S/C25H23N5O4S/c1-15-22(24(35-2)28-23(26-15)19-9-6-12-33-19)25(32)34-14-21(31)27-20-13-18(16-10-11-16)29-30(20)17-7-4-3-5-8-17/h3-9,12-13,16H,10-11,14H2,1-2H3,(H,27,31). The fraction of sp³-hybridized carbons (Fsp3) is 0.240. The molecule has 0 saturated heterocycles. The van der Waals surface area contributed by atoms with Gasteiger partial charge >= 0.3 is 5.97 Å². The molecule has 1 aromatic carbocycles. The predicted molar refractivity (Wildman–Crippen MR) is 131 cm³/mol. The summed E-state index contributed by atoms with van der Waals surface area (Å²) in [6, 6.07) is 14.9. The summed E-state index contributed by atoms with van der Waals surface area (Å²) in [5, 5.41) is 7.94. The Balaban J connectivity index is 1.30. The molecule has 4 aromatic rings. The van der Waals surface area contributed by atoms with E-state index in [1.165, 1.54) is 18.0 Å². The Kier molecular flexibility index (Phi) is 6.37. The van der Waals surface area contributed by atoms with Crippen molar-refractivity contribution in [1.29, 1.82) is 0 Å². The van der Waals surface area contributed by atoms with Crippen molar-refractivity contribution in [3.05, 3.63) is 71.7 Å². The highest BCUT2D eigenvalue weighted by atomic mass is 32.2. The number of aromatic nitrogens is 4. The second kappa shape index (κ2) is 9.75. The van der Waals surface area contributed by atoms with Gasteiger partial charge in [-0.2, -0.15) is 5.10 Å². The summed E-state index contributed by atoms with van der Waals surface area (Å²) in [6.07, 6.45) is 5.52. The van der Waals surface area contributed by atoms with Gasteiger partial charge in [0.2, 0.25) is 0 Å². The van der Waals surface area contributed by atoms with Crippen molar-refractivity contribution < 1.29 is 18.7 Å². The van der Waals surface area contributed by atoms with Gasteiger partial charge in [-0.3, -0.25) is 4.79 Å². The maximum absolute atomic E-state index is 12.9. The van der Waals surface area contributed by atoms with E-state index in [1.807, 2.05) is 36.4 Å². The molecule has 10 heteroatoms. The average Bonchev–Trinajstić information content (AvgIpc) is 3.40. The van der Waals surface area contributed by atoms with Gasteiger partial charge in [-0.05, 0) is 50.3 Å². The second-order valence-corrected chi connectivity index (χ2v) is 8.89. The van der Waals surface area contributed by atoms with Crippen LogP contribution in [-0.2, 0) is 9.53 Å². The zero-order valence-electron chi connectivity index (χ0n) is 19.2. The summed E-state index contributed by atoms with van der Waals surface area (Å²) in [5.41, 5.74) is 2.44. The number of ether oxygens (including phenoxy) is 1. The number of hydrogen-bond donors (Lipinski definition) is 1. The first-order valence-electron chi connectivity index (χ1n) is 11.1. The Bertz CT molecular complexity index is 1360. The number of nitrogens with one attached hydrogen (secondary N) is 1. The van der Waals surface area contributed by atoms with E-state index in [0.29, 0.717) is 34.0 Å². The number of thioether (sulfide) groups is 1. The van der Waals surface area contributed by atoms with Crippen LogP contribution in [0.15, 0.2) is 64.2 Å². The van der Waals surface area contributed by atoms with Crippen molar-refractivity contribution in [2.75, 3.05) is 18.2 Å². The monoisotopic (exact) mass is 489 g/mol. The number of nitrogens with zero attached hydrogens (tertiary/aromatic N) is 4. The third-order valence-electron chi connectivity index (χ3n) is 5.52. The second-order valence-electron chi connectivity index (χ2n) is 8.09. The van der Waals surface area contributed by atoms with Crippen LogP contribution >= 0.6 is 11.8 Å². The fourth-order valence-corrected chi connectivity index (χ4v) is 4.27. The quantitative estimate of drug-likeness (QED) is 0.217. The van der Waals surface area contributed by atoms with E-state index < -0.39 is 18.5 Å². The molecule has 0 spiro atoms. The number of benzene rings is 1. The molecule has 1 aliphatic carbocycles. The number of esters is 1. The third-order valence-corrected chi connectivity index (χ3v) is 6.20. The van der Waals surface area contributed by atoms with Crippen molar-refractivity contribution in [3.8, 4) is 17.3 Å². The van der Waals surface area contributed by atoms with Crippen LogP contribution in [0, 0.1) is 6.92 Å². The maximum atomic E-state index is 12.9. The molecule has 0 unspecified atom stereocenters. The van der Waals surface area contributed by atoms with Crippen LogP contribution in [0.25, 0.3) is 17.3 Å². The lowest BCUT2D eigenvalue weighted by Gasteiger charge is -2.12. The van der Waals surface area contributed by atoms with Gasteiger partial charge in [0.1, 0.15) is 16.4 Å². The highest BCUT2D eigenvalue weighted by molar-refractivity contribution is 7.98. The SMILES string of the molecule is CSc1nc(-c2ccco2)nc(C)c1C(=O)OCC(=O)Nc1cc(C2CC2)nn1-c1ccccc1. The maximum Gasteiger partial charge on any atom is 0.343 e. The molecule has 9 nitrogen and oxygen atoms in total. The van der Waals surface area contributed by atoms with Crippen molar-refractivity contribution in [2.24, 2.45) is 0 Å². The van der Waals surface area contributed by atoms with E-state index in [0.717, 1.165) is 24.2 Å². The van der Waals surface area contributed by atoms with Gasteiger partial charge in [-0.25, -0.2) is 19.4 Å². The van der Waals surface area contributed by atoms with Gasteiger partial charge < -0.3 is 14.5 Å². The number of rotatable bonds is 8. The van der Waals surface area contributed by atoms with E-state index in [9.17, 15) is 9.59 Å². The predicted octanol–water partition coefficient (Wildman–Crippen LogP) is 4.63. The molecule has 3 aromatic heterocycles. The van der Waals surface area contributed by atoms with Crippen LogP contribution in [0.2, 0.25) is 0 Å². The number of carbonyl (C=O) groups is 2. The summed E-state index contributed by atoms with van der Waals surface area (Å²) >= 11 is 1.29. The highest BCUT2D eigenvalue weighted by Crippen LogP contribution is 2.40. The zero-order valence-corrected chi connectivity index (χ0v) is 20.0. The normalized spacial score (nSPS) is 13.0. The number of amides is 1. The first-order valence-corrected chi connectivity index (χ1v) is 12.3. The molecule has 3 heterocycles. The first-order chi connectivity index (χ1) is 17.0. The molecule has 1 saturated carbocycles. The molecule has 178 valence electrons. The van der Waals surface area contributed by atoms with Crippen LogP contribution in [0.3, 0.4) is 0 Å². The molecule has 0 aliphatic heterocycles. The summed E-state index contributed by atoms with van der Waals surface area (Å²) in [4.78, 5) is 34.4. The van der Waals surface area contributed by atoms with Gasteiger partial charge in [0.15, 0.2) is 18.2 Å². The summed E-state index contributed by atoms with van der Waals surface area (Å²) in [5.74, 6) is 0.712. The molecule has 1 aliphatic rings. The minimum Gasteiger partial charge on any atom is -0.461 e. The van der Waals surface area contributed by atoms with Crippen LogP contribution < -0.4 is 5.32 Å². The van der Waals surface area contributed by atoms with Crippen LogP contribution in [-0.4, -0.2) is 44.5 Å². The van der Waals surface area contributed by atoms with Crippen LogP contribution in [0.4, 0.5) is 5.82 Å². The molecule has 0 atom stereocenters. The van der Waals surface area contributed by atoms with Gasteiger partial charge in [-0.15, -0.1) is 11.8 Å². The van der Waals surface area contributed by atoms with Gasteiger partial charge in [0.05, 0.1) is 23.3 Å². The number of aryl methyl sites for hydroxylation is 1. The summed E-state index contributed by atoms with van der Waals surface area (Å²) in [6.45, 7) is 1.24. The van der Waals surface area contributed by atoms with Crippen LogP contribution in [0.1, 0.15) is 40.5 Å². The number of hydrogen-bond acceptors (Lipinski definition) is 8. The number of carbonyl (C=O) groups excluding carboxylic acids is 2. The summed E-state index contributed by atoms with van der Waals surface area (Å²) < 4.78 is 12.4. The molecule has 0 bridgehead atoms. The fourth-order valence-electron chi connectivity index (χ4n) is 3.66. The zero-order chi connectivity index (χ0) is 24.4. The Morgan fingerprint density at radius 3 is 2.66 bits per heavy atom. The van der Waals surface area contributed by atoms with E-state index in [4.69, 9.17) is 9.15 Å². The number of furan rings is 1. The molecule has 5 rings (SSSR count). The van der Waals surface area contributed by atoms with Gasteiger partial charge in [-0.1, -0.05) is 18.2 Å². The third kappa shape index (κ3) is 4.97. The van der Waals surface area contributed by atoms with Gasteiger partial charge in [0.25, 0.3) is 5.91 Å².